The Kier molecular flexibility index (Phi) is 6.31. The lowest BCUT2D eigenvalue weighted by molar-refractivity contribution is -0.154. The molecule has 0 amide bonds. The number of carbonyl (C=O) groups excluding carboxylic acids is 1. The highest BCUT2D eigenvalue weighted by molar-refractivity contribution is 9.10. The number of halogens is 5. The van der Waals surface area contributed by atoms with E-state index >= 15 is 0 Å². The zero-order valence-corrected chi connectivity index (χ0v) is 19.5. The van der Waals surface area contributed by atoms with Crippen molar-refractivity contribution in [2.45, 2.75) is 6.18 Å². The summed E-state index contributed by atoms with van der Waals surface area (Å²) in [6, 6.07) is 16.2. The quantitative estimate of drug-likeness (QED) is 0.186. The summed E-state index contributed by atoms with van der Waals surface area (Å²) in [6.45, 7) is 0. The van der Waals surface area contributed by atoms with Crippen molar-refractivity contribution in [1.82, 2.24) is 0 Å². The predicted octanol–water partition coefficient (Wildman–Crippen LogP) is 7.35. The summed E-state index contributed by atoms with van der Waals surface area (Å²) in [5.41, 5.74) is -1.22. The van der Waals surface area contributed by atoms with Crippen molar-refractivity contribution in [3.05, 3.63) is 97.2 Å². The van der Waals surface area contributed by atoms with Crippen LogP contribution in [0, 0.1) is 0 Å². The van der Waals surface area contributed by atoms with Crippen LogP contribution in [0.4, 0.5) is 13.2 Å². The molecule has 0 N–H and O–H groups in total. The van der Waals surface area contributed by atoms with Crippen LogP contribution in [0.2, 0.25) is 0 Å². The fraction of sp³-hybridized carbons (Fsp3) is 0.0435. The molecule has 33 heavy (non-hydrogen) atoms. The van der Waals surface area contributed by atoms with Gasteiger partial charge in [0, 0.05) is 10.5 Å². The number of para-hydroxylation sites is 1. The molecule has 0 atom stereocenters. The van der Waals surface area contributed by atoms with Crippen molar-refractivity contribution in [3.63, 3.8) is 0 Å². The van der Waals surface area contributed by atoms with Gasteiger partial charge in [-0.3, -0.25) is 4.79 Å². The van der Waals surface area contributed by atoms with Crippen LogP contribution in [0.25, 0.3) is 11.0 Å². The van der Waals surface area contributed by atoms with Crippen molar-refractivity contribution < 1.29 is 31.9 Å². The van der Waals surface area contributed by atoms with Gasteiger partial charge in [-0.25, -0.2) is 4.79 Å². The first-order valence-corrected chi connectivity index (χ1v) is 10.8. The molecule has 0 saturated heterocycles. The van der Waals surface area contributed by atoms with Crippen LogP contribution in [-0.2, 0) is 6.18 Å². The first kappa shape index (κ1) is 23.1. The Morgan fingerprint density at radius 2 is 1.58 bits per heavy atom. The van der Waals surface area contributed by atoms with Crippen molar-refractivity contribution in [2.24, 2.45) is 0 Å². The average molecular weight is 584 g/mol. The maximum atomic E-state index is 13.7. The lowest BCUT2D eigenvalue weighted by atomic mass is 10.2. The number of esters is 1. The van der Waals surface area contributed by atoms with Gasteiger partial charge in [0.25, 0.3) is 5.76 Å². The lowest BCUT2D eigenvalue weighted by Crippen LogP contribution is -2.16. The van der Waals surface area contributed by atoms with Crippen LogP contribution in [0.15, 0.2) is 84.9 Å². The summed E-state index contributed by atoms with van der Waals surface area (Å²) in [5.74, 6) is -3.44. The Morgan fingerprint density at radius 3 is 2.24 bits per heavy atom. The summed E-state index contributed by atoms with van der Waals surface area (Å²) in [7, 11) is 0. The molecule has 0 fully saturated rings. The molecule has 0 aliphatic carbocycles. The number of alkyl halides is 3. The lowest BCUT2D eigenvalue weighted by Gasteiger charge is -2.14. The van der Waals surface area contributed by atoms with Crippen LogP contribution in [0.5, 0.6) is 17.2 Å². The third-order valence-electron chi connectivity index (χ3n) is 4.43. The van der Waals surface area contributed by atoms with Gasteiger partial charge in [0.05, 0.1) is 15.4 Å². The van der Waals surface area contributed by atoms with Crippen LogP contribution >= 0.6 is 31.9 Å². The molecule has 5 nitrogen and oxygen atoms in total. The van der Waals surface area contributed by atoms with Gasteiger partial charge in [0.15, 0.2) is 0 Å². The van der Waals surface area contributed by atoms with Gasteiger partial charge in [0.1, 0.15) is 17.1 Å². The topological polar surface area (TPSA) is 65.7 Å². The third kappa shape index (κ3) is 4.81. The minimum Gasteiger partial charge on any atom is -0.448 e. The van der Waals surface area contributed by atoms with Gasteiger partial charge in [-0.1, -0.05) is 24.3 Å². The number of carbonyl (C=O) groups is 1. The maximum absolute atomic E-state index is 13.7. The highest BCUT2D eigenvalue weighted by Crippen LogP contribution is 2.40. The largest absolute Gasteiger partial charge is 0.453 e. The molecule has 4 aromatic rings. The molecule has 3 aromatic carbocycles. The molecule has 10 heteroatoms. The number of hydrogen-bond acceptors (Lipinski definition) is 5. The van der Waals surface area contributed by atoms with Crippen molar-refractivity contribution in [1.29, 1.82) is 0 Å². The molecule has 0 bridgehead atoms. The van der Waals surface area contributed by atoms with Crippen molar-refractivity contribution >= 4 is 48.8 Å². The third-order valence-corrected chi connectivity index (χ3v) is 5.78. The highest BCUT2D eigenvalue weighted by Gasteiger charge is 2.40. The molecule has 0 radical (unpaired) electrons. The predicted molar refractivity (Wildman–Crippen MR) is 121 cm³/mol. The second-order valence-electron chi connectivity index (χ2n) is 6.65. The molecule has 0 unspecified atom stereocenters. The molecule has 1 heterocycles. The van der Waals surface area contributed by atoms with Gasteiger partial charge in [-0.15, -0.1) is 0 Å². The first-order valence-electron chi connectivity index (χ1n) is 9.22. The Balaban J connectivity index is 1.78. The second kappa shape index (κ2) is 9.03. The highest BCUT2D eigenvalue weighted by atomic mass is 79.9. The zero-order chi connectivity index (χ0) is 23.8. The number of hydrogen-bond donors (Lipinski definition) is 0. The maximum Gasteiger partial charge on any atom is 0.453 e. The normalized spacial score (nSPS) is 11.4. The van der Waals surface area contributed by atoms with E-state index < -0.39 is 34.7 Å². The van der Waals surface area contributed by atoms with Crippen molar-refractivity contribution in [3.8, 4) is 17.2 Å². The van der Waals surface area contributed by atoms with Gasteiger partial charge >= 0.3 is 12.1 Å². The Bertz CT molecular complexity index is 1430. The van der Waals surface area contributed by atoms with Crippen LogP contribution < -0.4 is 14.9 Å². The van der Waals surface area contributed by atoms with Gasteiger partial charge in [0.2, 0.25) is 11.2 Å². The number of rotatable bonds is 4. The van der Waals surface area contributed by atoms with E-state index in [9.17, 15) is 22.8 Å². The number of ether oxygens (including phenoxy) is 2. The van der Waals surface area contributed by atoms with E-state index in [-0.39, 0.29) is 22.4 Å². The Hall–Kier alpha value is -3.11. The molecular formula is C23H11Br2F3O5. The van der Waals surface area contributed by atoms with Gasteiger partial charge < -0.3 is 13.9 Å². The minimum atomic E-state index is -5.02. The zero-order valence-electron chi connectivity index (χ0n) is 16.3. The minimum absolute atomic E-state index is 0.00800. The van der Waals surface area contributed by atoms with E-state index in [2.05, 4.69) is 31.9 Å². The van der Waals surface area contributed by atoms with E-state index in [0.717, 1.165) is 6.07 Å². The Morgan fingerprint density at radius 1 is 0.909 bits per heavy atom. The molecule has 0 aliphatic heterocycles. The SMILES string of the molecule is O=C(Oc1ccc2c(=O)c(Oc3ccccc3Br)c(C(F)(F)F)oc2c1)c1ccccc1Br. The van der Waals surface area contributed by atoms with Gasteiger partial charge in [-0.05, 0) is 68.3 Å². The van der Waals surface area contributed by atoms with E-state index in [1.54, 1.807) is 36.4 Å². The smallest absolute Gasteiger partial charge is 0.448 e. The summed E-state index contributed by atoms with van der Waals surface area (Å²) in [6.07, 6.45) is -5.02. The van der Waals surface area contributed by atoms with E-state index in [1.807, 2.05) is 0 Å². The fourth-order valence-electron chi connectivity index (χ4n) is 2.93. The van der Waals surface area contributed by atoms with E-state index in [4.69, 9.17) is 13.9 Å². The van der Waals surface area contributed by atoms with E-state index in [1.165, 1.54) is 24.3 Å². The first-order chi connectivity index (χ1) is 15.6. The Labute approximate surface area is 201 Å². The van der Waals surface area contributed by atoms with E-state index in [0.29, 0.717) is 8.95 Å². The molecular weight excluding hydrogens is 573 g/mol. The molecule has 1 aromatic heterocycles. The van der Waals surface area contributed by atoms with Crippen molar-refractivity contribution in [2.75, 3.05) is 0 Å². The van der Waals surface area contributed by atoms with Crippen LogP contribution in [0.3, 0.4) is 0 Å². The molecule has 0 aliphatic rings. The number of fused-ring (bicyclic) bond motifs is 1. The standard InChI is InChI=1S/C23H11Br2F3O5/c24-15-6-2-1-5-13(15)22(30)31-12-9-10-14-18(11-12)33-21(23(26,27)28)20(19(14)29)32-17-8-4-3-7-16(17)25/h1-11H. The average Bonchev–Trinajstić information content (AvgIpc) is 2.76. The molecule has 0 spiro atoms. The number of benzene rings is 3. The molecule has 168 valence electrons. The van der Waals surface area contributed by atoms with Crippen LogP contribution in [-0.4, -0.2) is 5.97 Å². The summed E-state index contributed by atoms with van der Waals surface area (Å²) < 4.78 is 57.6. The summed E-state index contributed by atoms with van der Waals surface area (Å²) in [5, 5.41) is -0.175. The summed E-state index contributed by atoms with van der Waals surface area (Å²) in [4.78, 5) is 25.3. The van der Waals surface area contributed by atoms with Crippen LogP contribution in [0.1, 0.15) is 16.1 Å². The fourth-order valence-corrected chi connectivity index (χ4v) is 3.74. The monoisotopic (exact) mass is 582 g/mol. The van der Waals surface area contributed by atoms with Gasteiger partial charge in [-0.2, -0.15) is 13.2 Å². The molecule has 4 rings (SSSR count). The molecule has 0 saturated carbocycles. The summed E-state index contributed by atoms with van der Waals surface area (Å²) >= 11 is 6.40. The second-order valence-corrected chi connectivity index (χ2v) is 8.36.